The average Bonchev–Trinajstić information content (AvgIpc) is 1.99. The van der Waals surface area contributed by atoms with Crippen LogP contribution in [0.25, 0.3) is 0 Å². The normalized spacial score (nSPS) is 31.6. The standard InChI is InChI=1S/C10H16O3/c1-4-8(11)10(3,12)7-9(2)5-6-13-9/h4,12H,1,5-7H2,2-3H3. The maximum absolute atomic E-state index is 11.2. The summed E-state index contributed by atoms with van der Waals surface area (Å²) in [6.45, 7) is 7.48. The van der Waals surface area contributed by atoms with Crippen molar-refractivity contribution in [2.45, 2.75) is 37.9 Å². The Morgan fingerprint density at radius 3 is 2.69 bits per heavy atom. The van der Waals surface area contributed by atoms with E-state index < -0.39 is 5.60 Å². The van der Waals surface area contributed by atoms with Gasteiger partial charge in [-0.25, -0.2) is 0 Å². The molecule has 0 amide bonds. The van der Waals surface area contributed by atoms with Crippen LogP contribution in [0.2, 0.25) is 0 Å². The summed E-state index contributed by atoms with van der Waals surface area (Å²) < 4.78 is 5.30. The first-order chi connectivity index (χ1) is 5.90. The van der Waals surface area contributed by atoms with E-state index in [1.807, 2.05) is 6.92 Å². The van der Waals surface area contributed by atoms with Gasteiger partial charge in [-0.2, -0.15) is 0 Å². The summed E-state index contributed by atoms with van der Waals surface area (Å²) in [7, 11) is 0. The lowest BCUT2D eigenvalue weighted by atomic mass is 9.82. The molecule has 0 saturated carbocycles. The van der Waals surface area contributed by atoms with E-state index >= 15 is 0 Å². The maximum Gasteiger partial charge on any atom is 0.186 e. The lowest BCUT2D eigenvalue weighted by molar-refractivity contribution is -0.173. The van der Waals surface area contributed by atoms with Gasteiger partial charge in [0.1, 0.15) is 5.60 Å². The number of carbonyl (C=O) groups excluding carboxylic acids is 1. The average molecular weight is 184 g/mol. The van der Waals surface area contributed by atoms with Crippen LogP contribution in [0.15, 0.2) is 12.7 Å². The first kappa shape index (κ1) is 10.4. The molecule has 1 N–H and O–H groups in total. The molecule has 3 nitrogen and oxygen atoms in total. The second-order valence-electron chi connectivity index (χ2n) is 4.07. The number of carbonyl (C=O) groups is 1. The Balaban J connectivity index is 2.60. The molecule has 0 aliphatic carbocycles. The van der Waals surface area contributed by atoms with Crippen molar-refractivity contribution in [2.24, 2.45) is 0 Å². The molecular formula is C10H16O3. The van der Waals surface area contributed by atoms with Crippen molar-refractivity contribution in [1.82, 2.24) is 0 Å². The van der Waals surface area contributed by atoms with Gasteiger partial charge < -0.3 is 9.84 Å². The van der Waals surface area contributed by atoms with Crippen molar-refractivity contribution in [2.75, 3.05) is 6.61 Å². The lowest BCUT2D eigenvalue weighted by Gasteiger charge is -2.42. The molecule has 0 aromatic carbocycles. The van der Waals surface area contributed by atoms with E-state index in [0.717, 1.165) is 19.1 Å². The van der Waals surface area contributed by atoms with Crippen LogP contribution < -0.4 is 0 Å². The maximum atomic E-state index is 11.2. The molecule has 0 radical (unpaired) electrons. The van der Waals surface area contributed by atoms with Gasteiger partial charge in [0, 0.05) is 6.42 Å². The van der Waals surface area contributed by atoms with E-state index in [4.69, 9.17) is 4.74 Å². The van der Waals surface area contributed by atoms with Crippen LogP contribution in [0.3, 0.4) is 0 Å². The van der Waals surface area contributed by atoms with E-state index in [2.05, 4.69) is 6.58 Å². The first-order valence-corrected chi connectivity index (χ1v) is 4.43. The van der Waals surface area contributed by atoms with Gasteiger partial charge in [-0.05, 0) is 26.3 Å². The largest absolute Gasteiger partial charge is 0.382 e. The summed E-state index contributed by atoms with van der Waals surface area (Å²) in [5.41, 5.74) is -1.67. The zero-order valence-electron chi connectivity index (χ0n) is 8.17. The molecular weight excluding hydrogens is 168 g/mol. The third-order valence-electron chi connectivity index (χ3n) is 2.52. The fourth-order valence-corrected chi connectivity index (χ4v) is 1.63. The van der Waals surface area contributed by atoms with E-state index in [9.17, 15) is 9.90 Å². The fourth-order valence-electron chi connectivity index (χ4n) is 1.63. The number of ether oxygens (including phenoxy) is 1. The second-order valence-corrected chi connectivity index (χ2v) is 4.07. The van der Waals surface area contributed by atoms with Gasteiger partial charge in [-0.15, -0.1) is 0 Å². The summed E-state index contributed by atoms with van der Waals surface area (Å²) in [5.74, 6) is -0.343. The van der Waals surface area contributed by atoms with Crippen molar-refractivity contribution in [3.63, 3.8) is 0 Å². The summed E-state index contributed by atoms with van der Waals surface area (Å²) in [5, 5.41) is 9.78. The van der Waals surface area contributed by atoms with Gasteiger partial charge in [-0.1, -0.05) is 6.58 Å². The Labute approximate surface area is 78.4 Å². The molecule has 2 unspecified atom stereocenters. The van der Waals surface area contributed by atoms with Gasteiger partial charge in [0.05, 0.1) is 12.2 Å². The van der Waals surface area contributed by atoms with Crippen molar-refractivity contribution in [3.05, 3.63) is 12.7 Å². The highest BCUT2D eigenvalue weighted by Crippen LogP contribution is 2.34. The van der Waals surface area contributed by atoms with Crippen LogP contribution in [0.4, 0.5) is 0 Å². The number of aliphatic hydroxyl groups is 1. The number of ketones is 1. The topological polar surface area (TPSA) is 46.5 Å². The fraction of sp³-hybridized carbons (Fsp3) is 0.700. The lowest BCUT2D eigenvalue weighted by Crippen LogP contribution is -2.49. The van der Waals surface area contributed by atoms with Crippen LogP contribution in [-0.2, 0) is 9.53 Å². The molecule has 1 rings (SSSR count). The highest BCUT2D eigenvalue weighted by molar-refractivity contribution is 5.96. The summed E-state index contributed by atoms with van der Waals surface area (Å²) in [4.78, 5) is 11.2. The molecule has 0 spiro atoms. The first-order valence-electron chi connectivity index (χ1n) is 4.43. The highest BCUT2D eigenvalue weighted by Gasteiger charge is 2.42. The van der Waals surface area contributed by atoms with Gasteiger partial charge >= 0.3 is 0 Å². The Morgan fingerprint density at radius 2 is 2.38 bits per heavy atom. The van der Waals surface area contributed by atoms with Crippen molar-refractivity contribution < 1.29 is 14.6 Å². The van der Waals surface area contributed by atoms with Crippen LogP contribution in [0, 0.1) is 0 Å². The molecule has 0 bridgehead atoms. The number of hydrogen-bond acceptors (Lipinski definition) is 3. The summed E-state index contributed by atoms with van der Waals surface area (Å²) in [6.07, 6.45) is 2.39. The van der Waals surface area contributed by atoms with E-state index in [1.54, 1.807) is 0 Å². The van der Waals surface area contributed by atoms with Gasteiger partial charge in [0.25, 0.3) is 0 Å². The Morgan fingerprint density at radius 1 is 1.85 bits per heavy atom. The van der Waals surface area contributed by atoms with Crippen molar-refractivity contribution in [3.8, 4) is 0 Å². The summed E-state index contributed by atoms with van der Waals surface area (Å²) >= 11 is 0. The highest BCUT2D eigenvalue weighted by atomic mass is 16.5. The molecule has 2 atom stereocenters. The molecule has 74 valence electrons. The predicted molar refractivity (Wildman–Crippen MR) is 49.4 cm³/mol. The van der Waals surface area contributed by atoms with Crippen LogP contribution in [0.5, 0.6) is 0 Å². The SMILES string of the molecule is C=CC(=O)C(C)(O)CC1(C)CCO1. The zero-order chi connectivity index (χ0) is 10.1. The molecule has 3 heteroatoms. The zero-order valence-corrected chi connectivity index (χ0v) is 8.17. The monoisotopic (exact) mass is 184 g/mol. The Kier molecular flexibility index (Phi) is 2.59. The third-order valence-corrected chi connectivity index (χ3v) is 2.52. The van der Waals surface area contributed by atoms with Crippen molar-refractivity contribution in [1.29, 1.82) is 0 Å². The van der Waals surface area contributed by atoms with Gasteiger partial charge in [0.15, 0.2) is 5.78 Å². The second kappa shape index (κ2) is 3.24. The van der Waals surface area contributed by atoms with Crippen LogP contribution in [0.1, 0.15) is 26.7 Å². The molecule has 1 aliphatic rings. The van der Waals surface area contributed by atoms with E-state index in [-0.39, 0.29) is 11.4 Å². The molecule has 1 aliphatic heterocycles. The third kappa shape index (κ3) is 2.17. The summed E-state index contributed by atoms with van der Waals surface area (Å²) in [6, 6.07) is 0. The molecule has 13 heavy (non-hydrogen) atoms. The predicted octanol–water partition coefficient (Wildman–Crippen LogP) is 1.06. The molecule has 1 heterocycles. The smallest absolute Gasteiger partial charge is 0.186 e. The van der Waals surface area contributed by atoms with E-state index in [0.29, 0.717) is 6.42 Å². The number of rotatable bonds is 4. The Hall–Kier alpha value is -0.670. The minimum Gasteiger partial charge on any atom is -0.382 e. The Bertz CT molecular complexity index is 226. The molecule has 0 aromatic rings. The van der Waals surface area contributed by atoms with Crippen molar-refractivity contribution >= 4 is 5.78 Å². The van der Waals surface area contributed by atoms with Gasteiger partial charge in [-0.3, -0.25) is 4.79 Å². The molecule has 1 fully saturated rings. The molecule has 0 aromatic heterocycles. The minimum absolute atomic E-state index is 0.331. The molecule has 1 saturated heterocycles. The van der Waals surface area contributed by atoms with Gasteiger partial charge in [0.2, 0.25) is 0 Å². The minimum atomic E-state index is -1.34. The van der Waals surface area contributed by atoms with E-state index in [1.165, 1.54) is 6.92 Å². The number of hydrogen-bond donors (Lipinski definition) is 1. The van der Waals surface area contributed by atoms with Crippen LogP contribution >= 0.6 is 0 Å². The van der Waals surface area contributed by atoms with Crippen LogP contribution in [-0.4, -0.2) is 28.7 Å². The quantitative estimate of drug-likeness (QED) is 0.664.